The molecule has 0 saturated heterocycles. The molecule has 1 N–H and O–H groups in total. The minimum Gasteiger partial charge on any atom is -0.385 e. The summed E-state index contributed by atoms with van der Waals surface area (Å²) in [6.07, 6.45) is 4.69. The number of fused-ring (bicyclic) bond motifs is 1. The van der Waals surface area contributed by atoms with Gasteiger partial charge in [0.05, 0.1) is 0 Å². The van der Waals surface area contributed by atoms with Gasteiger partial charge < -0.3 is 10.1 Å². The van der Waals surface area contributed by atoms with E-state index >= 15 is 0 Å². The average Bonchev–Trinajstić information content (AvgIpc) is 2.29. The van der Waals surface area contributed by atoms with Gasteiger partial charge in [-0.25, -0.2) is 0 Å². The van der Waals surface area contributed by atoms with Crippen LogP contribution in [0.5, 0.6) is 0 Å². The van der Waals surface area contributed by atoms with Gasteiger partial charge in [0.25, 0.3) is 0 Å². The number of aryl methyl sites for hydroxylation is 2. The minimum atomic E-state index is 0.617. The summed E-state index contributed by atoms with van der Waals surface area (Å²) in [6, 6.07) is 7.43. The van der Waals surface area contributed by atoms with Crippen LogP contribution in [0.15, 0.2) is 18.2 Å². The van der Waals surface area contributed by atoms with Crippen LogP contribution in [0.3, 0.4) is 0 Å². The number of nitrogens with one attached hydrogen (secondary N) is 1. The molecule has 0 aliphatic carbocycles. The summed E-state index contributed by atoms with van der Waals surface area (Å²) >= 11 is 0. The number of rotatable bonds is 4. The molecule has 1 aliphatic rings. The summed E-state index contributed by atoms with van der Waals surface area (Å²) < 4.78 is 5.08. The minimum absolute atomic E-state index is 0.617. The first kappa shape index (κ1) is 11.5. The van der Waals surface area contributed by atoms with Crippen LogP contribution in [0.4, 0.5) is 5.69 Å². The third-order valence-corrected chi connectivity index (χ3v) is 3.23. The Morgan fingerprint density at radius 1 is 1.44 bits per heavy atom. The Hall–Kier alpha value is -1.02. The number of ether oxygens (including phenoxy) is 1. The van der Waals surface area contributed by atoms with Gasteiger partial charge in [-0.1, -0.05) is 12.1 Å². The number of hydrogen-bond acceptors (Lipinski definition) is 2. The van der Waals surface area contributed by atoms with E-state index in [9.17, 15) is 0 Å². The van der Waals surface area contributed by atoms with Crippen molar-refractivity contribution in [3.63, 3.8) is 0 Å². The molecule has 0 aromatic heterocycles. The third-order valence-electron chi connectivity index (χ3n) is 3.23. The van der Waals surface area contributed by atoms with Crippen LogP contribution in [0, 0.1) is 0 Å². The van der Waals surface area contributed by atoms with Gasteiger partial charge >= 0.3 is 0 Å². The molecular weight excluding hydrogens is 198 g/mol. The molecule has 88 valence electrons. The van der Waals surface area contributed by atoms with Gasteiger partial charge in [0, 0.05) is 25.4 Å². The summed E-state index contributed by atoms with van der Waals surface area (Å²) in [5.41, 5.74) is 4.24. The molecule has 2 nitrogen and oxygen atoms in total. The summed E-state index contributed by atoms with van der Waals surface area (Å²) in [5, 5.41) is 3.53. The van der Waals surface area contributed by atoms with Crippen LogP contribution in [0.2, 0.25) is 0 Å². The van der Waals surface area contributed by atoms with Gasteiger partial charge in [-0.05, 0) is 49.8 Å². The second-order valence-corrected chi connectivity index (χ2v) is 4.67. The second-order valence-electron chi connectivity index (χ2n) is 4.67. The van der Waals surface area contributed by atoms with E-state index in [2.05, 4.69) is 30.4 Å². The highest BCUT2D eigenvalue weighted by molar-refractivity contribution is 5.55. The Morgan fingerprint density at radius 2 is 2.31 bits per heavy atom. The zero-order valence-corrected chi connectivity index (χ0v) is 10.3. The lowest BCUT2D eigenvalue weighted by atomic mass is 9.96. The van der Waals surface area contributed by atoms with Gasteiger partial charge in [-0.3, -0.25) is 0 Å². The quantitative estimate of drug-likeness (QED) is 0.786. The first-order chi connectivity index (χ1) is 7.79. The summed E-state index contributed by atoms with van der Waals surface area (Å²) in [6.45, 7) is 3.10. The fraction of sp³-hybridized carbons (Fsp3) is 0.571. The van der Waals surface area contributed by atoms with E-state index in [4.69, 9.17) is 4.74 Å². The van der Waals surface area contributed by atoms with Crippen LogP contribution in [-0.2, 0) is 17.6 Å². The van der Waals surface area contributed by atoms with E-state index in [0.29, 0.717) is 6.04 Å². The highest BCUT2D eigenvalue weighted by Crippen LogP contribution is 2.26. The standard InChI is InChI=1S/C14H21NO/c1-11-5-7-13-10-12(4-3-9-16-2)6-8-14(13)15-11/h6,8,10-11,15H,3-5,7,9H2,1-2H3. The Balaban J connectivity index is 2.02. The highest BCUT2D eigenvalue weighted by atomic mass is 16.5. The van der Waals surface area contributed by atoms with Crippen LogP contribution in [0.1, 0.15) is 30.9 Å². The zero-order chi connectivity index (χ0) is 11.4. The predicted molar refractivity (Wildman–Crippen MR) is 68.0 cm³/mol. The first-order valence-electron chi connectivity index (χ1n) is 6.17. The van der Waals surface area contributed by atoms with Crippen LogP contribution >= 0.6 is 0 Å². The summed E-state index contributed by atoms with van der Waals surface area (Å²) in [5.74, 6) is 0. The Labute approximate surface area is 98.0 Å². The maximum atomic E-state index is 5.08. The summed E-state index contributed by atoms with van der Waals surface area (Å²) in [4.78, 5) is 0. The molecule has 1 unspecified atom stereocenters. The van der Waals surface area contributed by atoms with Crippen molar-refractivity contribution in [2.75, 3.05) is 19.0 Å². The fourth-order valence-electron chi connectivity index (χ4n) is 2.28. The van der Waals surface area contributed by atoms with E-state index in [1.54, 1.807) is 7.11 Å². The van der Waals surface area contributed by atoms with E-state index in [1.165, 1.54) is 29.7 Å². The molecule has 1 aromatic carbocycles. The van der Waals surface area contributed by atoms with Gasteiger partial charge in [-0.2, -0.15) is 0 Å². The van der Waals surface area contributed by atoms with Crippen LogP contribution in [-0.4, -0.2) is 19.8 Å². The van der Waals surface area contributed by atoms with Crippen molar-refractivity contribution in [2.24, 2.45) is 0 Å². The highest BCUT2D eigenvalue weighted by Gasteiger charge is 2.13. The van der Waals surface area contributed by atoms with Gasteiger partial charge in [-0.15, -0.1) is 0 Å². The molecule has 0 saturated carbocycles. The van der Waals surface area contributed by atoms with Crippen molar-refractivity contribution < 1.29 is 4.74 Å². The molecule has 2 rings (SSSR count). The van der Waals surface area contributed by atoms with Crippen LogP contribution in [0.25, 0.3) is 0 Å². The predicted octanol–water partition coefficient (Wildman–Crippen LogP) is 3.01. The van der Waals surface area contributed by atoms with Gasteiger partial charge in [0.2, 0.25) is 0 Å². The molecule has 1 aromatic rings. The molecule has 0 bridgehead atoms. The van der Waals surface area contributed by atoms with Crippen molar-refractivity contribution in [1.82, 2.24) is 0 Å². The SMILES string of the molecule is COCCCc1ccc2c(c1)CCC(C)N2. The maximum absolute atomic E-state index is 5.08. The molecule has 1 aliphatic heterocycles. The largest absolute Gasteiger partial charge is 0.385 e. The maximum Gasteiger partial charge on any atom is 0.0465 e. The average molecular weight is 219 g/mol. The molecular formula is C14H21NO. The molecule has 16 heavy (non-hydrogen) atoms. The van der Waals surface area contributed by atoms with Crippen molar-refractivity contribution in [1.29, 1.82) is 0 Å². The van der Waals surface area contributed by atoms with E-state index in [-0.39, 0.29) is 0 Å². The summed E-state index contributed by atoms with van der Waals surface area (Å²) in [7, 11) is 1.76. The molecule has 1 atom stereocenters. The molecule has 0 fully saturated rings. The van der Waals surface area contributed by atoms with Crippen molar-refractivity contribution in [2.45, 2.75) is 38.6 Å². The second kappa shape index (κ2) is 5.35. The number of methoxy groups -OCH3 is 1. The Morgan fingerprint density at radius 3 is 3.12 bits per heavy atom. The normalized spacial score (nSPS) is 19.0. The lowest BCUT2D eigenvalue weighted by Gasteiger charge is -2.24. The van der Waals surface area contributed by atoms with E-state index in [0.717, 1.165) is 19.4 Å². The fourth-order valence-corrected chi connectivity index (χ4v) is 2.28. The number of hydrogen-bond donors (Lipinski definition) is 1. The smallest absolute Gasteiger partial charge is 0.0465 e. The Kier molecular flexibility index (Phi) is 3.83. The molecule has 2 heteroatoms. The first-order valence-corrected chi connectivity index (χ1v) is 6.17. The number of benzene rings is 1. The monoisotopic (exact) mass is 219 g/mol. The molecule has 0 amide bonds. The van der Waals surface area contributed by atoms with Gasteiger partial charge in [0.1, 0.15) is 0 Å². The Bertz CT molecular complexity index is 349. The lowest BCUT2D eigenvalue weighted by molar-refractivity contribution is 0.195. The molecule has 0 spiro atoms. The number of anilines is 1. The van der Waals surface area contributed by atoms with Crippen molar-refractivity contribution in [3.8, 4) is 0 Å². The lowest BCUT2D eigenvalue weighted by Crippen LogP contribution is -2.21. The van der Waals surface area contributed by atoms with E-state index in [1.807, 2.05) is 0 Å². The molecule has 1 heterocycles. The van der Waals surface area contributed by atoms with Crippen LogP contribution < -0.4 is 5.32 Å². The van der Waals surface area contributed by atoms with E-state index < -0.39 is 0 Å². The zero-order valence-electron chi connectivity index (χ0n) is 10.3. The third kappa shape index (κ3) is 2.76. The topological polar surface area (TPSA) is 21.3 Å². The van der Waals surface area contributed by atoms with Crippen molar-refractivity contribution in [3.05, 3.63) is 29.3 Å². The van der Waals surface area contributed by atoms with Crippen molar-refractivity contribution >= 4 is 5.69 Å². The van der Waals surface area contributed by atoms with Gasteiger partial charge in [0.15, 0.2) is 0 Å². The molecule has 0 radical (unpaired) electrons.